The zero-order valence-electron chi connectivity index (χ0n) is 11.8. The minimum atomic E-state index is -4.07. The summed E-state index contributed by atoms with van der Waals surface area (Å²) in [7, 11) is 0. The normalized spacial score (nSPS) is 12.2. The lowest BCUT2D eigenvalue weighted by Gasteiger charge is -2.01. The third-order valence-electron chi connectivity index (χ3n) is 2.92. The molecule has 0 radical (unpaired) electrons. The van der Waals surface area contributed by atoms with Crippen LogP contribution < -0.4 is 0 Å². The Hall–Kier alpha value is -0.800. The first-order valence-corrected chi connectivity index (χ1v) is 7.13. The molecule has 4 heteroatoms. The van der Waals surface area contributed by atoms with Crippen molar-refractivity contribution in [1.29, 1.82) is 0 Å². The summed E-state index contributed by atoms with van der Waals surface area (Å²) in [5.74, 6) is 0.255. The fraction of sp³-hybridized carbons (Fsp3) is 0.800. The molecular formula is C15H25F3O. The summed E-state index contributed by atoms with van der Waals surface area (Å²) in [6.45, 7) is 1.62. The van der Waals surface area contributed by atoms with Crippen molar-refractivity contribution in [2.45, 2.75) is 77.3 Å². The van der Waals surface area contributed by atoms with Gasteiger partial charge < -0.3 is 4.79 Å². The van der Waals surface area contributed by atoms with Gasteiger partial charge in [-0.05, 0) is 26.2 Å². The molecular weight excluding hydrogens is 253 g/mol. The monoisotopic (exact) mass is 278 g/mol. The van der Waals surface area contributed by atoms with Crippen molar-refractivity contribution in [3.8, 4) is 0 Å². The number of carbonyl (C=O) groups excluding carboxylic acids is 1. The number of alkyl halides is 3. The van der Waals surface area contributed by atoms with Crippen LogP contribution in [0, 0.1) is 0 Å². The van der Waals surface area contributed by atoms with Crippen LogP contribution in [0.2, 0.25) is 0 Å². The van der Waals surface area contributed by atoms with Gasteiger partial charge in [-0.15, -0.1) is 0 Å². The Bertz CT molecular complexity index is 257. The molecule has 0 aliphatic rings. The number of Topliss-reactive ketones (excluding diaryl/α,β-unsaturated/α-hetero) is 1. The number of ketones is 1. The first-order chi connectivity index (χ1) is 8.92. The molecule has 0 amide bonds. The largest absolute Gasteiger partial charge is 0.392 e. The Kier molecular flexibility index (Phi) is 10.6. The van der Waals surface area contributed by atoms with Crippen molar-refractivity contribution in [2.75, 3.05) is 0 Å². The number of hydrogen-bond donors (Lipinski definition) is 0. The molecule has 0 saturated heterocycles. The van der Waals surface area contributed by atoms with Gasteiger partial charge in [-0.3, -0.25) is 0 Å². The van der Waals surface area contributed by atoms with Crippen LogP contribution in [0.1, 0.15) is 71.1 Å². The van der Waals surface area contributed by atoms with Gasteiger partial charge >= 0.3 is 6.18 Å². The first kappa shape index (κ1) is 18.2. The fourth-order valence-electron chi connectivity index (χ4n) is 1.85. The van der Waals surface area contributed by atoms with E-state index in [2.05, 4.69) is 0 Å². The molecule has 19 heavy (non-hydrogen) atoms. The van der Waals surface area contributed by atoms with E-state index in [1.807, 2.05) is 0 Å². The van der Waals surface area contributed by atoms with E-state index in [-0.39, 0.29) is 5.78 Å². The average molecular weight is 278 g/mol. The molecule has 1 nitrogen and oxygen atoms in total. The number of rotatable bonds is 11. The minimum Gasteiger partial charge on any atom is -0.300 e. The van der Waals surface area contributed by atoms with Gasteiger partial charge in [0.15, 0.2) is 0 Å². The van der Waals surface area contributed by atoms with Crippen LogP contribution in [0.5, 0.6) is 0 Å². The van der Waals surface area contributed by atoms with Crippen LogP contribution in [0.3, 0.4) is 0 Å². The molecule has 0 aromatic carbocycles. The van der Waals surface area contributed by atoms with Crippen molar-refractivity contribution < 1.29 is 18.0 Å². The van der Waals surface area contributed by atoms with Crippen LogP contribution >= 0.6 is 0 Å². The SMILES string of the molecule is CC(=O)CCCCCCCCC/C=C/CC(F)(F)F. The quantitative estimate of drug-likeness (QED) is 0.355. The predicted octanol–water partition coefficient (Wildman–Crippen LogP) is 5.59. The van der Waals surface area contributed by atoms with E-state index in [0.29, 0.717) is 6.42 Å². The molecule has 0 fully saturated rings. The summed E-state index contributed by atoms with van der Waals surface area (Å²) in [5, 5.41) is 0. The van der Waals surface area contributed by atoms with E-state index < -0.39 is 12.6 Å². The van der Waals surface area contributed by atoms with Gasteiger partial charge in [0.25, 0.3) is 0 Å². The zero-order chi connectivity index (χ0) is 14.6. The standard InChI is InChI=1S/C15H25F3O/c1-14(19)12-10-8-6-4-2-3-5-7-9-11-13-15(16,17)18/h9,11H,2-8,10,12-13H2,1H3/b11-9+. The molecule has 0 aromatic heterocycles. The third-order valence-corrected chi connectivity index (χ3v) is 2.92. The van der Waals surface area contributed by atoms with E-state index in [4.69, 9.17) is 0 Å². The maximum Gasteiger partial charge on any atom is 0.392 e. The lowest BCUT2D eigenvalue weighted by Crippen LogP contribution is -2.03. The maximum atomic E-state index is 11.8. The van der Waals surface area contributed by atoms with Gasteiger partial charge in [0.05, 0.1) is 6.42 Å². The number of halogens is 3. The van der Waals surface area contributed by atoms with E-state index >= 15 is 0 Å². The van der Waals surface area contributed by atoms with Crippen molar-refractivity contribution in [2.24, 2.45) is 0 Å². The topological polar surface area (TPSA) is 17.1 Å². The molecule has 0 saturated carbocycles. The molecule has 0 N–H and O–H groups in total. The summed E-state index contributed by atoms with van der Waals surface area (Å²) in [6, 6.07) is 0. The van der Waals surface area contributed by atoms with Gasteiger partial charge in [0.2, 0.25) is 0 Å². The molecule has 0 aromatic rings. The lowest BCUT2D eigenvalue weighted by molar-refractivity contribution is -0.125. The summed E-state index contributed by atoms with van der Waals surface area (Å²) >= 11 is 0. The first-order valence-electron chi connectivity index (χ1n) is 7.13. The molecule has 0 atom stereocenters. The van der Waals surface area contributed by atoms with E-state index in [1.165, 1.54) is 6.08 Å². The van der Waals surface area contributed by atoms with E-state index in [0.717, 1.165) is 51.4 Å². The molecule has 0 heterocycles. The van der Waals surface area contributed by atoms with Crippen LogP contribution in [-0.4, -0.2) is 12.0 Å². The molecule has 112 valence electrons. The fourth-order valence-corrected chi connectivity index (χ4v) is 1.85. The van der Waals surface area contributed by atoms with Crippen LogP contribution in [0.25, 0.3) is 0 Å². The highest BCUT2D eigenvalue weighted by molar-refractivity contribution is 5.75. The van der Waals surface area contributed by atoms with Crippen molar-refractivity contribution >= 4 is 5.78 Å². The van der Waals surface area contributed by atoms with Crippen LogP contribution in [0.4, 0.5) is 13.2 Å². The summed E-state index contributed by atoms with van der Waals surface area (Å²) in [6.07, 6.45) is 6.92. The van der Waals surface area contributed by atoms with Gasteiger partial charge in [0.1, 0.15) is 5.78 Å². The Morgan fingerprint density at radius 2 is 1.42 bits per heavy atom. The number of unbranched alkanes of at least 4 members (excludes halogenated alkanes) is 7. The Morgan fingerprint density at radius 1 is 0.895 bits per heavy atom. The zero-order valence-corrected chi connectivity index (χ0v) is 11.8. The average Bonchev–Trinajstić information content (AvgIpc) is 2.28. The van der Waals surface area contributed by atoms with Gasteiger partial charge in [0, 0.05) is 6.42 Å². The molecule has 0 rings (SSSR count). The second-order valence-corrected chi connectivity index (χ2v) is 5.01. The number of allylic oxidation sites excluding steroid dienone is 2. The smallest absolute Gasteiger partial charge is 0.300 e. The maximum absolute atomic E-state index is 11.8. The Labute approximate surface area is 114 Å². The second-order valence-electron chi connectivity index (χ2n) is 5.01. The van der Waals surface area contributed by atoms with Crippen LogP contribution in [0.15, 0.2) is 12.2 Å². The number of hydrogen-bond acceptors (Lipinski definition) is 1. The molecule has 0 spiro atoms. The van der Waals surface area contributed by atoms with E-state index in [1.54, 1.807) is 13.0 Å². The molecule has 0 unspecified atom stereocenters. The van der Waals surface area contributed by atoms with Gasteiger partial charge in [-0.2, -0.15) is 13.2 Å². The lowest BCUT2D eigenvalue weighted by atomic mass is 10.1. The third kappa shape index (κ3) is 17.2. The van der Waals surface area contributed by atoms with Crippen LogP contribution in [-0.2, 0) is 4.79 Å². The number of carbonyl (C=O) groups is 1. The van der Waals surface area contributed by atoms with Crippen molar-refractivity contribution in [1.82, 2.24) is 0 Å². The van der Waals surface area contributed by atoms with Crippen molar-refractivity contribution in [3.05, 3.63) is 12.2 Å². The van der Waals surface area contributed by atoms with Gasteiger partial charge in [-0.25, -0.2) is 0 Å². The molecule has 0 aliphatic carbocycles. The highest BCUT2D eigenvalue weighted by atomic mass is 19.4. The van der Waals surface area contributed by atoms with Crippen molar-refractivity contribution in [3.63, 3.8) is 0 Å². The molecule has 0 aliphatic heterocycles. The Balaban J connectivity index is 3.17. The summed E-state index contributed by atoms with van der Waals surface area (Å²) in [4.78, 5) is 10.7. The highest BCUT2D eigenvalue weighted by Crippen LogP contribution is 2.20. The summed E-state index contributed by atoms with van der Waals surface area (Å²) in [5.41, 5.74) is 0. The summed E-state index contributed by atoms with van der Waals surface area (Å²) < 4.78 is 35.4. The second kappa shape index (κ2) is 11.1. The van der Waals surface area contributed by atoms with E-state index in [9.17, 15) is 18.0 Å². The molecule has 0 bridgehead atoms. The highest BCUT2D eigenvalue weighted by Gasteiger charge is 2.24. The minimum absolute atomic E-state index is 0.255. The predicted molar refractivity (Wildman–Crippen MR) is 72.0 cm³/mol. The Morgan fingerprint density at radius 3 is 1.95 bits per heavy atom. The van der Waals surface area contributed by atoms with Gasteiger partial charge in [-0.1, -0.05) is 44.3 Å².